The molecule has 0 atom stereocenters. The Morgan fingerprint density at radius 1 is 1.19 bits per heavy atom. The molecule has 0 unspecified atom stereocenters. The number of hydrogen-bond donors (Lipinski definition) is 2. The van der Waals surface area contributed by atoms with Crippen molar-refractivity contribution < 1.29 is 4.79 Å². The smallest absolute Gasteiger partial charge is 0.273 e. The minimum Gasteiger partial charge on any atom is -0.360 e. The van der Waals surface area contributed by atoms with Crippen molar-refractivity contribution in [2.45, 2.75) is 0 Å². The van der Waals surface area contributed by atoms with Crippen LogP contribution in [0, 0.1) is 0 Å². The molecule has 1 aromatic heterocycles. The van der Waals surface area contributed by atoms with E-state index in [4.69, 9.17) is 11.6 Å². The van der Waals surface area contributed by atoms with Crippen LogP contribution in [0.1, 0.15) is 15.9 Å². The first-order chi connectivity index (χ1) is 10.2. The lowest BCUT2D eigenvalue weighted by Crippen LogP contribution is -2.17. The second-order valence-corrected chi connectivity index (χ2v) is 4.94. The molecule has 1 heterocycles. The SMILES string of the molecule is O=C(N/N=C/c1cccc(Cl)c1)c1c[nH]c2ccccc12. The number of carbonyl (C=O) groups excluding carboxylic acids is 1. The first kappa shape index (κ1) is 13.4. The van der Waals surface area contributed by atoms with Crippen molar-refractivity contribution >= 4 is 34.6 Å². The first-order valence-corrected chi connectivity index (χ1v) is 6.77. The maximum absolute atomic E-state index is 12.1. The van der Waals surface area contributed by atoms with E-state index < -0.39 is 0 Å². The molecule has 3 rings (SSSR count). The van der Waals surface area contributed by atoms with E-state index in [1.807, 2.05) is 36.4 Å². The molecule has 0 saturated carbocycles. The minimum absolute atomic E-state index is 0.259. The van der Waals surface area contributed by atoms with E-state index in [1.165, 1.54) is 0 Å². The number of nitrogens with zero attached hydrogens (tertiary/aromatic N) is 1. The summed E-state index contributed by atoms with van der Waals surface area (Å²) in [6, 6.07) is 14.8. The van der Waals surface area contributed by atoms with Crippen LogP contribution in [0.3, 0.4) is 0 Å². The maximum atomic E-state index is 12.1. The highest BCUT2D eigenvalue weighted by atomic mass is 35.5. The second-order valence-electron chi connectivity index (χ2n) is 4.50. The molecule has 0 aliphatic heterocycles. The largest absolute Gasteiger partial charge is 0.360 e. The third-order valence-corrected chi connectivity index (χ3v) is 3.30. The van der Waals surface area contributed by atoms with Gasteiger partial charge in [-0.3, -0.25) is 4.79 Å². The second kappa shape index (κ2) is 5.81. The lowest BCUT2D eigenvalue weighted by atomic mass is 10.2. The first-order valence-electron chi connectivity index (χ1n) is 6.39. The van der Waals surface area contributed by atoms with Gasteiger partial charge in [-0.25, -0.2) is 5.43 Å². The fourth-order valence-corrected chi connectivity index (χ4v) is 2.27. The van der Waals surface area contributed by atoms with Gasteiger partial charge in [-0.1, -0.05) is 41.9 Å². The van der Waals surface area contributed by atoms with Gasteiger partial charge in [-0.05, 0) is 23.8 Å². The Labute approximate surface area is 126 Å². The zero-order chi connectivity index (χ0) is 14.7. The predicted molar refractivity (Wildman–Crippen MR) is 84.8 cm³/mol. The number of amides is 1. The number of nitrogens with one attached hydrogen (secondary N) is 2. The highest BCUT2D eigenvalue weighted by Gasteiger charge is 2.10. The number of H-pyrrole nitrogens is 1. The molecule has 5 heteroatoms. The van der Waals surface area contributed by atoms with Gasteiger partial charge in [0.1, 0.15) is 0 Å². The van der Waals surface area contributed by atoms with Crippen LogP contribution in [0.5, 0.6) is 0 Å². The van der Waals surface area contributed by atoms with Gasteiger partial charge in [-0.15, -0.1) is 0 Å². The van der Waals surface area contributed by atoms with Gasteiger partial charge in [-0.2, -0.15) is 5.10 Å². The molecule has 2 aromatic carbocycles. The van der Waals surface area contributed by atoms with Gasteiger partial charge < -0.3 is 4.98 Å². The van der Waals surface area contributed by atoms with E-state index in [-0.39, 0.29) is 5.91 Å². The van der Waals surface area contributed by atoms with Gasteiger partial charge in [0.05, 0.1) is 11.8 Å². The molecule has 0 fully saturated rings. The van der Waals surface area contributed by atoms with Crippen LogP contribution in [0.2, 0.25) is 5.02 Å². The summed E-state index contributed by atoms with van der Waals surface area (Å²) in [6.07, 6.45) is 3.23. The minimum atomic E-state index is -0.259. The number of fused-ring (bicyclic) bond motifs is 1. The lowest BCUT2D eigenvalue weighted by molar-refractivity contribution is 0.0957. The molecule has 0 bridgehead atoms. The van der Waals surface area contributed by atoms with Crippen LogP contribution >= 0.6 is 11.6 Å². The quantitative estimate of drug-likeness (QED) is 0.563. The molecule has 1 amide bonds. The van der Waals surface area contributed by atoms with Crippen molar-refractivity contribution in [3.05, 3.63) is 70.9 Å². The van der Waals surface area contributed by atoms with Crippen molar-refractivity contribution in [1.82, 2.24) is 10.4 Å². The number of rotatable bonds is 3. The summed E-state index contributed by atoms with van der Waals surface area (Å²) >= 11 is 5.88. The fourth-order valence-electron chi connectivity index (χ4n) is 2.07. The van der Waals surface area contributed by atoms with Crippen LogP contribution in [-0.2, 0) is 0 Å². The van der Waals surface area contributed by atoms with Crippen molar-refractivity contribution in [3.63, 3.8) is 0 Å². The standard InChI is InChI=1S/C16H12ClN3O/c17-12-5-3-4-11(8-12)9-19-20-16(21)14-10-18-15-7-2-1-6-13(14)15/h1-10,18H,(H,20,21)/b19-9+. The Morgan fingerprint density at radius 3 is 2.90 bits per heavy atom. The molecule has 0 spiro atoms. The van der Waals surface area contributed by atoms with Crippen LogP contribution in [0.15, 0.2) is 59.8 Å². The summed E-state index contributed by atoms with van der Waals surface area (Å²) in [4.78, 5) is 15.2. The summed E-state index contributed by atoms with van der Waals surface area (Å²) in [6.45, 7) is 0. The number of aromatic nitrogens is 1. The predicted octanol–water partition coefficient (Wildman–Crippen LogP) is 3.59. The topological polar surface area (TPSA) is 57.2 Å². The van der Waals surface area contributed by atoms with Crippen LogP contribution in [0.25, 0.3) is 10.9 Å². The summed E-state index contributed by atoms with van der Waals surface area (Å²) in [5.41, 5.74) is 4.82. The van der Waals surface area contributed by atoms with Gasteiger partial charge >= 0.3 is 0 Å². The molecular weight excluding hydrogens is 286 g/mol. The Balaban J connectivity index is 1.75. The molecule has 0 radical (unpaired) electrons. The van der Waals surface area contributed by atoms with Crippen molar-refractivity contribution in [2.75, 3.05) is 0 Å². The fraction of sp³-hybridized carbons (Fsp3) is 0. The summed E-state index contributed by atoms with van der Waals surface area (Å²) in [5, 5.41) is 5.44. The van der Waals surface area contributed by atoms with Crippen LogP contribution < -0.4 is 5.43 Å². The Bertz CT molecular complexity index is 823. The van der Waals surface area contributed by atoms with Gasteiger partial charge in [0.2, 0.25) is 0 Å². The maximum Gasteiger partial charge on any atom is 0.273 e. The van der Waals surface area contributed by atoms with E-state index in [0.29, 0.717) is 10.6 Å². The van der Waals surface area contributed by atoms with E-state index in [1.54, 1.807) is 24.5 Å². The van der Waals surface area contributed by atoms with Gasteiger partial charge in [0.15, 0.2) is 0 Å². The normalized spacial score (nSPS) is 11.1. The molecule has 4 nitrogen and oxygen atoms in total. The average molecular weight is 298 g/mol. The van der Waals surface area contributed by atoms with E-state index in [2.05, 4.69) is 15.5 Å². The molecule has 104 valence electrons. The summed E-state index contributed by atoms with van der Waals surface area (Å²) < 4.78 is 0. The highest BCUT2D eigenvalue weighted by Crippen LogP contribution is 2.17. The van der Waals surface area contributed by atoms with E-state index >= 15 is 0 Å². The lowest BCUT2D eigenvalue weighted by Gasteiger charge is -1.98. The van der Waals surface area contributed by atoms with Gasteiger partial charge in [0, 0.05) is 22.1 Å². The van der Waals surface area contributed by atoms with Crippen molar-refractivity contribution in [2.24, 2.45) is 5.10 Å². The third-order valence-electron chi connectivity index (χ3n) is 3.06. The van der Waals surface area contributed by atoms with E-state index in [0.717, 1.165) is 16.5 Å². The molecule has 2 N–H and O–H groups in total. The number of para-hydroxylation sites is 1. The number of hydrogen-bond acceptors (Lipinski definition) is 2. The molecule has 0 aliphatic carbocycles. The van der Waals surface area contributed by atoms with Crippen molar-refractivity contribution in [3.8, 4) is 0 Å². The number of benzene rings is 2. The monoisotopic (exact) mass is 297 g/mol. The zero-order valence-corrected chi connectivity index (χ0v) is 11.8. The average Bonchev–Trinajstić information content (AvgIpc) is 2.91. The van der Waals surface area contributed by atoms with E-state index in [9.17, 15) is 4.79 Å². The molecule has 3 aromatic rings. The Morgan fingerprint density at radius 2 is 2.05 bits per heavy atom. The Kier molecular flexibility index (Phi) is 3.71. The Hall–Kier alpha value is -2.59. The summed E-state index contributed by atoms with van der Waals surface area (Å²) in [5.74, 6) is -0.259. The van der Waals surface area contributed by atoms with Crippen LogP contribution in [0.4, 0.5) is 0 Å². The van der Waals surface area contributed by atoms with Crippen molar-refractivity contribution in [1.29, 1.82) is 0 Å². The highest BCUT2D eigenvalue weighted by molar-refractivity contribution is 6.30. The van der Waals surface area contributed by atoms with Gasteiger partial charge in [0.25, 0.3) is 5.91 Å². The number of carbonyl (C=O) groups is 1. The summed E-state index contributed by atoms with van der Waals surface area (Å²) in [7, 11) is 0. The number of hydrazone groups is 1. The zero-order valence-electron chi connectivity index (χ0n) is 11.0. The molecule has 0 aliphatic rings. The molecular formula is C16H12ClN3O. The van der Waals surface area contributed by atoms with Crippen LogP contribution in [-0.4, -0.2) is 17.1 Å². The number of aromatic amines is 1. The third kappa shape index (κ3) is 2.95. The molecule has 0 saturated heterocycles. The molecule has 21 heavy (non-hydrogen) atoms. The number of halogens is 1.